The number of ether oxygens (including phenoxy) is 4. The van der Waals surface area contributed by atoms with Crippen molar-refractivity contribution in [1.82, 2.24) is 19.3 Å². The number of nitrogens with zero attached hydrogens (tertiary/aromatic N) is 3. The van der Waals surface area contributed by atoms with Gasteiger partial charge in [0.1, 0.15) is 16.8 Å². The highest BCUT2D eigenvalue weighted by Gasteiger charge is 2.18. The molecule has 0 unspecified atom stereocenters. The number of aromatic nitrogens is 3. The van der Waals surface area contributed by atoms with Crippen LogP contribution in [0.2, 0.25) is 0 Å². The van der Waals surface area contributed by atoms with Crippen LogP contribution in [0, 0.1) is 5.41 Å². The zero-order chi connectivity index (χ0) is 30.5. The van der Waals surface area contributed by atoms with E-state index in [0.717, 1.165) is 11.1 Å². The lowest BCUT2D eigenvalue weighted by Gasteiger charge is -2.15. The summed E-state index contributed by atoms with van der Waals surface area (Å²) in [4.78, 5) is 31.7. The average molecular weight is 584 g/mol. The Kier molecular flexibility index (Phi) is 8.61. The highest BCUT2D eigenvalue weighted by Crippen LogP contribution is 2.28. The smallest absolute Gasteiger partial charge is 0.267 e. The molecule has 11 nitrogen and oxygen atoms in total. The molecular weight excluding hydrogens is 550 g/mol. The van der Waals surface area contributed by atoms with Gasteiger partial charge in [0.15, 0.2) is 23.0 Å². The highest BCUT2D eigenvalue weighted by molar-refractivity contribution is 5.96. The van der Waals surface area contributed by atoms with Crippen molar-refractivity contribution in [2.75, 3.05) is 35.0 Å². The third-order valence-corrected chi connectivity index (χ3v) is 7.28. The molecule has 0 aliphatic heterocycles. The summed E-state index contributed by atoms with van der Waals surface area (Å²) in [6, 6.07) is 17.9. The summed E-state index contributed by atoms with van der Waals surface area (Å²) in [5, 5.41) is 12.2. The Labute approximate surface area is 247 Å². The fourth-order valence-corrected chi connectivity index (χ4v) is 5.01. The van der Waals surface area contributed by atoms with Gasteiger partial charge in [0.25, 0.3) is 11.5 Å². The number of amides is 1. The maximum Gasteiger partial charge on any atom is 0.267 e. The Bertz CT molecular complexity index is 1930. The largest absolute Gasteiger partial charge is 0.493 e. The predicted octanol–water partition coefficient (Wildman–Crippen LogP) is 3.38. The quantitative estimate of drug-likeness (QED) is 0.228. The second-order valence-corrected chi connectivity index (χ2v) is 9.78. The first-order chi connectivity index (χ1) is 20.9. The van der Waals surface area contributed by atoms with Crippen molar-refractivity contribution in [1.29, 1.82) is 5.41 Å². The lowest BCUT2D eigenvalue weighted by molar-refractivity contribution is 0.0951. The van der Waals surface area contributed by atoms with Crippen LogP contribution in [0.5, 0.6) is 23.0 Å². The van der Waals surface area contributed by atoms with Crippen molar-refractivity contribution in [3.63, 3.8) is 0 Å². The van der Waals surface area contributed by atoms with E-state index in [1.54, 1.807) is 57.4 Å². The number of hydrogen-bond acceptors (Lipinski definition) is 8. The number of fused-ring (bicyclic) bond motifs is 2. The minimum Gasteiger partial charge on any atom is -0.493 e. The molecule has 2 aromatic carbocycles. The van der Waals surface area contributed by atoms with Crippen LogP contribution in [0.4, 0.5) is 0 Å². The lowest BCUT2D eigenvalue weighted by atomic mass is 10.1. The molecule has 0 aliphatic rings. The number of rotatable bonds is 11. The van der Waals surface area contributed by atoms with E-state index in [1.807, 2.05) is 36.4 Å². The summed E-state index contributed by atoms with van der Waals surface area (Å²) in [6.45, 7) is 0.611. The van der Waals surface area contributed by atoms with E-state index in [0.29, 0.717) is 60.2 Å². The fraction of sp³-hybridized carbons (Fsp3) is 0.250. The lowest BCUT2D eigenvalue weighted by Crippen LogP contribution is -2.36. The summed E-state index contributed by atoms with van der Waals surface area (Å²) in [6.07, 6.45) is 2.66. The maximum atomic E-state index is 13.5. The van der Waals surface area contributed by atoms with Gasteiger partial charge in [-0.15, -0.1) is 0 Å². The first-order valence-electron chi connectivity index (χ1n) is 13.7. The van der Waals surface area contributed by atoms with Crippen LogP contribution < -0.4 is 35.3 Å². The molecule has 0 saturated heterocycles. The second kappa shape index (κ2) is 12.7. The van der Waals surface area contributed by atoms with Gasteiger partial charge in [-0.1, -0.05) is 18.2 Å². The van der Waals surface area contributed by atoms with Gasteiger partial charge in [0.05, 0.1) is 39.4 Å². The molecule has 0 spiro atoms. The summed E-state index contributed by atoms with van der Waals surface area (Å²) >= 11 is 0. The molecule has 5 rings (SSSR count). The number of carbonyl (C=O) groups is 1. The van der Waals surface area contributed by atoms with Crippen molar-refractivity contribution < 1.29 is 23.7 Å². The molecule has 0 saturated carbocycles. The van der Waals surface area contributed by atoms with E-state index in [-0.39, 0.29) is 22.0 Å². The Balaban J connectivity index is 1.48. The zero-order valence-corrected chi connectivity index (χ0v) is 24.5. The molecule has 0 radical (unpaired) electrons. The summed E-state index contributed by atoms with van der Waals surface area (Å²) < 4.78 is 24.5. The summed E-state index contributed by atoms with van der Waals surface area (Å²) in [5.74, 6) is 1.97. The van der Waals surface area contributed by atoms with Crippen LogP contribution in [-0.2, 0) is 19.4 Å². The highest BCUT2D eigenvalue weighted by atomic mass is 16.5. The number of hydrogen-bond donors (Lipinski definition) is 2. The third kappa shape index (κ3) is 5.87. The van der Waals surface area contributed by atoms with E-state index < -0.39 is 5.91 Å². The van der Waals surface area contributed by atoms with E-state index in [2.05, 4.69) is 5.32 Å². The van der Waals surface area contributed by atoms with Crippen molar-refractivity contribution >= 4 is 22.6 Å². The van der Waals surface area contributed by atoms with Crippen LogP contribution in [0.3, 0.4) is 0 Å². The third-order valence-electron chi connectivity index (χ3n) is 7.28. The normalized spacial score (nSPS) is 11.0. The van der Waals surface area contributed by atoms with Gasteiger partial charge in [-0.3, -0.25) is 19.4 Å². The molecule has 43 heavy (non-hydrogen) atoms. The van der Waals surface area contributed by atoms with Gasteiger partial charge >= 0.3 is 0 Å². The molecule has 0 fully saturated rings. The van der Waals surface area contributed by atoms with Crippen LogP contribution in [0.1, 0.15) is 21.5 Å². The fourth-order valence-electron chi connectivity index (χ4n) is 5.01. The summed E-state index contributed by atoms with van der Waals surface area (Å²) in [7, 11) is 6.29. The molecule has 0 atom stereocenters. The van der Waals surface area contributed by atoms with Gasteiger partial charge in [-0.25, -0.2) is 4.98 Å². The monoisotopic (exact) mass is 583 g/mol. The van der Waals surface area contributed by atoms with Crippen LogP contribution in [0.25, 0.3) is 16.7 Å². The van der Waals surface area contributed by atoms with Gasteiger partial charge in [0, 0.05) is 19.3 Å². The number of benzene rings is 2. The number of methoxy groups -OCH3 is 4. The van der Waals surface area contributed by atoms with Crippen molar-refractivity contribution in [2.24, 2.45) is 0 Å². The summed E-state index contributed by atoms with van der Waals surface area (Å²) in [5.41, 5.74) is 2.39. The van der Waals surface area contributed by atoms with Crippen LogP contribution >= 0.6 is 0 Å². The van der Waals surface area contributed by atoms with E-state index >= 15 is 0 Å². The Morgan fingerprint density at radius 2 is 1.47 bits per heavy atom. The zero-order valence-electron chi connectivity index (χ0n) is 24.5. The Morgan fingerprint density at radius 3 is 2.09 bits per heavy atom. The minimum atomic E-state index is -0.454. The second-order valence-electron chi connectivity index (χ2n) is 9.78. The first kappa shape index (κ1) is 29.2. The molecule has 3 aromatic heterocycles. The van der Waals surface area contributed by atoms with Gasteiger partial charge in [0.2, 0.25) is 0 Å². The van der Waals surface area contributed by atoms with E-state index in [9.17, 15) is 9.59 Å². The molecule has 0 aliphatic carbocycles. The molecule has 1 amide bonds. The topological polar surface area (TPSA) is 129 Å². The average Bonchev–Trinajstić information content (AvgIpc) is 3.04. The molecule has 5 aromatic rings. The van der Waals surface area contributed by atoms with Crippen molar-refractivity contribution in [3.05, 3.63) is 99.4 Å². The van der Waals surface area contributed by atoms with Crippen LogP contribution in [0.15, 0.2) is 71.7 Å². The number of pyridine rings is 2. The van der Waals surface area contributed by atoms with Crippen molar-refractivity contribution in [2.45, 2.75) is 19.4 Å². The molecule has 2 N–H and O–H groups in total. The number of aryl methyl sites for hydroxylation is 2. The molecule has 11 heteroatoms. The van der Waals surface area contributed by atoms with Crippen molar-refractivity contribution in [3.8, 4) is 23.0 Å². The van der Waals surface area contributed by atoms with Gasteiger partial charge in [-0.05, 0) is 66.4 Å². The SMILES string of the molecule is COc1ccc(CCNC(=O)c2cc3c(=O)n4ccccc4nc3n(CCc3ccc(OC)c(OC)c3)c2=N)cc1OC. The van der Waals surface area contributed by atoms with E-state index in [4.69, 9.17) is 29.3 Å². The molecule has 0 bridgehead atoms. The predicted molar refractivity (Wildman–Crippen MR) is 162 cm³/mol. The number of carbonyl (C=O) groups excluding carboxylic acids is 1. The van der Waals surface area contributed by atoms with E-state index in [1.165, 1.54) is 10.5 Å². The van der Waals surface area contributed by atoms with Gasteiger partial charge < -0.3 is 28.8 Å². The number of nitrogens with one attached hydrogen (secondary N) is 2. The molecular formula is C32H33N5O6. The first-order valence-corrected chi connectivity index (χ1v) is 13.7. The van der Waals surface area contributed by atoms with Gasteiger partial charge in [-0.2, -0.15) is 0 Å². The Morgan fingerprint density at radius 1 is 0.837 bits per heavy atom. The maximum absolute atomic E-state index is 13.5. The molecule has 3 heterocycles. The Hall–Kier alpha value is -5.32. The minimum absolute atomic E-state index is 0.0382. The standard InChI is InChI=1S/C32H33N5O6/c1-40-24-10-8-20(17-26(24)42-3)12-14-34-31(38)22-19-23-30(35-28-7-5-6-15-36(28)32(23)39)37(29(22)33)16-13-21-9-11-25(41-2)27(18-21)43-4/h5-11,15,17-19,33H,12-14,16H2,1-4H3,(H,34,38). The molecule has 222 valence electrons. The van der Waals surface area contributed by atoms with Crippen LogP contribution in [-0.4, -0.2) is 54.8 Å².